The lowest BCUT2D eigenvalue weighted by molar-refractivity contribution is -0.141. The van der Waals surface area contributed by atoms with Gasteiger partial charge in [0.15, 0.2) is 0 Å². The van der Waals surface area contributed by atoms with Crippen LogP contribution < -0.4 is 10.5 Å². The third-order valence-corrected chi connectivity index (χ3v) is 5.63. The van der Waals surface area contributed by atoms with Gasteiger partial charge in [-0.25, -0.2) is 0 Å². The van der Waals surface area contributed by atoms with Crippen LogP contribution in [0.5, 0.6) is 5.75 Å². The predicted octanol–water partition coefficient (Wildman–Crippen LogP) is 3.21. The number of halogens is 2. The molecule has 0 spiro atoms. The average molecular weight is 430 g/mol. The van der Waals surface area contributed by atoms with E-state index in [9.17, 15) is 4.79 Å². The van der Waals surface area contributed by atoms with E-state index in [2.05, 4.69) is 28.0 Å². The summed E-state index contributed by atoms with van der Waals surface area (Å²) in [4.78, 5) is 16.9. The SMILES string of the molecule is COc1ccccc1C=CCN1CC[C@@H]2[C@@H](CCC(=O)N2CCCN)C1.Cl.Cl. The Morgan fingerprint density at radius 2 is 2.04 bits per heavy atom. The van der Waals surface area contributed by atoms with Crippen molar-refractivity contribution in [1.82, 2.24) is 9.80 Å². The molecule has 2 atom stereocenters. The number of carbonyl (C=O) groups excluding carboxylic acids is 1. The molecule has 2 saturated heterocycles. The summed E-state index contributed by atoms with van der Waals surface area (Å²) in [6.07, 6.45) is 8.05. The third kappa shape index (κ3) is 6.11. The topological polar surface area (TPSA) is 58.8 Å². The molecule has 2 aliphatic rings. The number of likely N-dealkylation sites (tertiary alicyclic amines) is 2. The first-order valence-corrected chi connectivity index (χ1v) is 9.74. The van der Waals surface area contributed by atoms with Crippen molar-refractivity contribution in [1.29, 1.82) is 0 Å². The molecule has 0 aromatic heterocycles. The largest absolute Gasteiger partial charge is 0.496 e. The molecule has 158 valence electrons. The van der Waals surface area contributed by atoms with Crippen LogP contribution >= 0.6 is 24.8 Å². The van der Waals surface area contributed by atoms with Gasteiger partial charge in [-0.15, -0.1) is 24.8 Å². The summed E-state index contributed by atoms with van der Waals surface area (Å²) in [5.41, 5.74) is 6.75. The second-order valence-electron chi connectivity index (χ2n) is 7.29. The van der Waals surface area contributed by atoms with E-state index in [1.54, 1.807) is 7.11 Å². The number of nitrogens with zero attached hydrogens (tertiary/aromatic N) is 2. The lowest BCUT2D eigenvalue weighted by atomic mass is 9.83. The number of hydrogen-bond acceptors (Lipinski definition) is 4. The highest BCUT2D eigenvalue weighted by Gasteiger charge is 2.38. The van der Waals surface area contributed by atoms with Crippen molar-refractivity contribution in [3.63, 3.8) is 0 Å². The van der Waals surface area contributed by atoms with Gasteiger partial charge in [0.25, 0.3) is 0 Å². The predicted molar refractivity (Wildman–Crippen MR) is 119 cm³/mol. The number of hydrogen-bond donors (Lipinski definition) is 1. The highest BCUT2D eigenvalue weighted by molar-refractivity contribution is 5.85. The summed E-state index contributed by atoms with van der Waals surface area (Å²) in [7, 11) is 1.71. The smallest absolute Gasteiger partial charge is 0.222 e. The molecule has 5 nitrogen and oxygen atoms in total. The number of carbonyl (C=O) groups is 1. The van der Waals surface area contributed by atoms with Crippen LogP contribution in [0.15, 0.2) is 30.3 Å². The van der Waals surface area contributed by atoms with Crippen LogP contribution in [0.4, 0.5) is 0 Å². The zero-order chi connectivity index (χ0) is 18.4. The summed E-state index contributed by atoms with van der Waals surface area (Å²) in [6.45, 7) is 4.54. The first-order chi connectivity index (χ1) is 12.7. The third-order valence-electron chi connectivity index (χ3n) is 5.63. The van der Waals surface area contributed by atoms with E-state index >= 15 is 0 Å². The maximum absolute atomic E-state index is 12.3. The summed E-state index contributed by atoms with van der Waals surface area (Å²) in [5, 5.41) is 0. The van der Waals surface area contributed by atoms with E-state index < -0.39 is 0 Å². The van der Waals surface area contributed by atoms with Gasteiger partial charge in [0.05, 0.1) is 7.11 Å². The highest BCUT2D eigenvalue weighted by Crippen LogP contribution is 2.31. The summed E-state index contributed by atoms with van der Waals surface area (Å²) >= 11 is 0. The zero-order valence-corrected chi connectivity index (χ0v) is 18.2. The van der Waals surface area contributed by atoms with Crippen molar-refractivity contribution in [3.8, 4) is 5.75 Å². The molecule has 1 aromatic rings. The molecule has 1 aromatic carbocycles. The fourth-order valence-electron chi connectivity index (χ4n) is 4.28. The molecule has 0 bridgehead atoms. The molecular weight excluding hydrogens is 397 g/mol. The lowest BCUT2D eigenvalue weighted by Crippen LogP contribution is -2.56. The number of nitrogens with two attached hydrogens (primary N) is 1. The Hall–Kier alpha value is -1.27. The lowest BCUT2D eigenvalue weighted by Gasteiger charge is -2.47. The van der Waals surface area contributed by atoms with Gasteiger partial charge in [0.1, 0.15) is 5.75 Å². The van der Waals surface area contributed by atoms with Crippen LogP contribution in [0.1, 0.15) is 31.2 Å². The van der Waals surface area contributed by atoms with Crippen molar-refractivity contribution in [2.75, 3.05) is 39.8 Å². The molecule has 2 fully saturated rings. The molecule has 2 N–H and O–H groups in total. The maximum atomic E-state index is 12.3. The van der Waals surface area contributed by atoms with Gasteiger partial charge in [-0.1, -0.05) is 30.4 Å². The van der Waals surface area contributed by atoms with E-state index in [1.165, 1.54) is 0 Å². The Kier molecular flexibility index (Phi) is 10.9. The van der Waals surface area contributed by atoms with Crippen LogP contribution in [0.25, 0.3) is 6.08 Å². The number of benzene rings is 1. The molecule has 2 heterocycles. The van der Waals surface area contributed by atoms with Gasteiger partial charge in [-0.3, -0.25) is 9.69 Å². The van der Waals surface area contributed by atoms with Gasteiger partial charge in [-0.05, 0) is 37.8 Å². The Labute approximate surface area is 181 Å². The fourth-order valence-corrected chi connectivity index (χ4v) is 4.28. The number of para-hydroxylation sites is 1. The molecule has 0 aliphatic carbocycles. The van der Waals surface area contributed by atoms with Crippen LogP contribution in [-0.4, -0.2) is 61.6 Å². The second-order valence-corrected chi connectivity index (χ2v) is 7.29. The Balaban J connectivity index is 0.00000196. The summed E-state index contributed by atoms with van der Waals surface area (Å²) < 4.78 is 5.40. The zero-order valence-electron chi connectivity index (χ0n) is 16.6. The second kappa shape index (κ2) is 12.3. The van der Waals surface area contributed by atoms with Crippen molar-refractivity contribution < 1.29 is 9.53 Å². The van der Waals surface area contributed by atoms with Crippen molar-refractivity contribution in [2.24, 2.45) is 11.7 Å². The number of ether oxygens (including phenoxy) is 1. The number of methoxy groups -OCH3 is 1. The Bertz CT molecular complexity index is 642. The molecule has 7 heteroatoms. The van der Waals surface area contributed by atoms with Gasteiger partial charge in [0.2, 0.25) is 5.91 Å². The van der Waals surface area contributed by atoms with E-state index in [4.69, 9.17) is 10.5 Å². The average Bonchev–Trinajstić information content (AvgIpc) is 2.67. The minimum absolute atomic E-state index is 0. The number of amides is 1. The van der Waals surface area contributed by atoms with Crippen LogP contribution in [-0.2, 0) is 4.79 Å². The molecule has 1 amide bonds. The van der Waals surface area contributed by atoms with Gasteiger partial charge >= 0.3 is 0 Å². The molecular formula is C21H33Cl2N3O2. The standard InChI is InChI=1S/C21H31N3O2.2ClH/c1-26-20-8-3-2-6-17(20)7-4-13-23-15-11-19-18(16-23)9-10-21(25)24(19)14-5-12-22;;/h2-4,6-8,18-19H,5,9-16,22H2,1H3;2*1H/t18-,19+;;/m0../s1. The minimum atomic E-state index is 0. The molecule has 2 aliphatic heterocycles. The first-order valence-electron chi connectivity index (χ1n) is 9.74. The monoisotopic (exact) mass is 429 g/mol. The van der Waals surface area contributed by atoms with Crippen molar-refractivity contribution in [3.05, 3.63) is 35.9 Å². The minimum Gasteiger partial charge on any atom is -0.496 e. The van der Waals surface area contributed by atoms with Gasteiger partial charge in [0, 0.05) is 44.2 Å². The molecule has 0 unspecified atom stereocenters. The van der Waals surface area contributed by atoms with Gasteiger partial charge in [-0.2, -0.15) is 0 Å². The van der Waals surface area contributed by atoms with Crippen molar-refractivity contribution in [2.45, 2.75) is 31.7 Å². The quantitative estimate of drug-likeness (QED) is 0.722. The van der Waals surface area contributed by atoms with E-state index in [0.717, 1.165) is 56.8 Å². The number of piperidine rings is 2. The summed E-state index contributed by atoms with van der Waals surface area (Å²) in [6, 6.07) is 8.49. The summed E-state index contributed by atoms with van der Waals surface area (Å²) in [5.74, 6) is 1.83. The van der Waals surface area contributed by atoms with E-state index in [1.807, 2.05) is 18.2 Å². The van der Waals surface area contributed by atoms with Crippen LogP contribution in [0.2, 0.25) is 0 Å². The van der Waals surface area contributed by atoms with E-state index in [0.29, 0.717) is 30.8 Å². The maximum Gasteiger partial charge on any atom is 0.222 e. The normalized spacial score (nSPS) is 22.4. The first kappa shape index (κ1) is 24.8. The van der Waals surface area contributed by atoms with Crippen LogP contribution in [0, 0.1) is 5.92 Å². The number of rotatable bonds is 7. The highest BCUT2D eigenvalue weighted by atomic mass is 35.5. The Morgan fingerprint density at radius 3 is 2.79 bits per heavy atom. The number of fused-ring (bicyclic) bond motifs is 1. The molecule has 0 saturated carbocycles. The molecule has 0 radical (unpaired) electrons. The van der Waals surface area contributed by atoms with Gasteiger partial charge < -0.3 is 15.4 Å². The van der Waals surface area contributed by atoms with Crippen LogP contribution in [0.3, 0.4) is 0 Å². The van der Waals surface area contributed by atoms with E-state index in [-0.39, 0.29) is 24.8 Å². The van der Waals surface area contributed by atoms with Crippen molar-refractivity contribution >= 4 is 36.8 Å². The Morgan fingerprint density at radius 1 is 1.25 bits per heavy atom. The molecule has 28 heavy (non-hydrogen) atoms. The fraction of sp³-hybridized carbons (Fsp3) is 0.571. The molecule has 3 rings (SSSR count).